The number of carbonyl (C=O) groups excluding carboxylic acids is 6. The van der Waals surface area contributed by atoms with Crippen molar-refractivity contribution in [3.8, 4) is 23.0 Å². The van der Waals surface area contributed by atoms with Crippen LogP contribution >= 0.6 is 0 Å². The Bertz CT molecular complexity index is 1990. The molecule has 2 aromatic carbocycles. The average Bonchev–Trinajstić information content (AvgIpc) is 3.48. The van der Waals surface area contributed by atoms with E-state index in [-0.39, 0.29) is 59.4 Å². The highest BCUT2D eigenvalue weighted by Crippen LogP contribution is 2.36. The van der Waals surface area contributed by atoms with Gasteiger partial charge in [-0.25, -0.2) is 9.59 Å². The van der Waals surface area contributed by atoms with Crippen LogP contribution in [0, 0.1) is 0 Å². The monoisotopic (exact) mass is 842 g/mol. The van der Waals surface area contributed by atoms with Crippen molar-refractivity contribution in [3.63, 3.8) is 0 Å². The zero-order valence-electron chi connectivity index (χ0n) is 34.2. The molecule has 0 aromatic heterocycles. The topological polar surface area (TPSA) is 261 Å². The smallest absolute Gasteiger partial charge is 0.344 e. The lowest BCUT2D eigenvalue weighted by molar-refractivity contribution is -0.153. The molecule has 3 aliphatic rings. The molecule has 5 rings (SSSR count). The minimum atomic E-state index is -1.77. The molecule has 0 spiro atoms. The largest absolute Gasteiger partial charge is 0.507 e. The number of cyclic esters (lactones) is 2. The first-order valence-electron chi connectivity index (χ1n) is 18.7. The third-order valence-corrected chi connectivity index (χ3v) is 8.94. The lowest BCUT2D eigenvalue weighted by Gasteiger charge is -2.20. The summed E-state index contributed by atoms with van der Waals surface area (Å²) in [5.41, 5.74) is -0.209. The van der Waals surface area contributed by atoms with Crippen LogP contribution in [-0.2, 0) is 42.9 Å². The van der Waals surface area contributed by atoms with Crippen LogP contribution in [0.1, 0.15) is 74.1 Å². The molecular weight excluding hydrogens is 792 g/mol. The van der Waals surface area contributed by atoms with E-state index in [0.29, 0.717) is 12.2 Å². The van der Waals surface area contributed by atoms with E-state index in [2.05, 4.69) is 10.6 Å². The molecule has 1 fully saturated rings. The molecule has 0 unspecified atom stereocenters. The van der Waals surface area contributed by atoms with E-state index in [4.69, 9.17) is 37.9 Å². The van der Waals surface area contributed by atoms with Crippen molar-refractivity contribution in [2.45, 2.75) is 95.8 Å². The average molecular weight is 843 g/mol. The number of phenols is 1. The van der Waals surface area contributed by atoms with Gasteiger partial charge in [-0.05, 0) is 39.8 Å². The molecule has 0 aliphatic carbocycles. The van der Waals surface area contributed by atoms with E-state index in [1.165, 1.54) is 57.7 Å². The second-order valence-electron chi connectivity index (χ2n) is 14.3. The Labute approximate surface area is 345 Å². The number of methoxy groups -OCH3 is 3. The molecular formula is C41H50N2O17. The molecule has 19 heteroatoms. The third kappa shape index (κ3) is 12.6. The normalized spacial score (nSPS) is 26.0. The van der Waals surface area contributed by atoms with Crippen LogP contribution in [0.25, 0.3) is 0 Å². The summed E-state index contributed by atoms with van der Waals surface area (Å²) in [6.45, 7) is 6.49. The summed E-state index contributed by atoms with van der Waals surface area (Å²) in [6, 6.07) is 5.49. The van der Waals surface area contributed by atoms with E-state index >= 15 is 0 Å². The van der Waals surface area contributed by atoms with Gasteiger partial charge in [-0.1, -0.05) is 12.2 Å². The van der Waals surface area contributed by atoms with Crippen molar-refractivity contribution >= 4 is 46.7 Å². The summed E-state index contributed by atoms with van der Waals surface area (Å²) >= 11 is 0. The van der Waals surface area contributed by atoms with E-state index < -0.39 is 84.1 Å². The number of ether oxygens (including phenoxy) is 8. The molecule has 60 heavy (non-hydrogen) atoms. The zero-order valence-corrected chi connectivity index (χ0v) is 34.2. The number of anilines is 2. The highest BCUT2D eigenvalue weighted by Gasteiger charge is 2.45. The van der Waals surface area contributed by atoms with Crippen molar-refractivity contribution in [1.82, 2.24) is 0 Å². The lowest BCUT2D eigenvalue weighted by atomic mass is 10.0. The number of benzene rings is 2. The number of fused-ring (bicyclic) bond motifs is 3. The van der Waals surface area contributed by atoms with Gasteiger partial charge in [0.05, 0.1) is 44.5 Å². The van der Waals surface area contributed by atoms with E-state index in [1.54, 1.807) is 33.8 Å². The van der Waals surface area contributed by atoms with Gasteiger partial charge in [-0.2, -0.15) is 0 Å². The molecule has 2 amide bonds. The fourth-order valence-corrected chi connectivity index (χ4v) is 6.11. The van der Waals surface area contributed by atoms with Crippen molar-refractivity contribution in [1.29, 1.82) is 0 Å². The van der Waals surface area contributed by atoms with Gasteiger partial charge in [-0.15, -0.1) is 0 Å². The lowest BCUT2D eigenvalue weighted by Crippen LogP contribution is -2.36. The quantitative estimate of drug-likeness (QED) is 0.214. The summed E-state index contributed by atoms with van der Waals surface area (Å²) in [7, 11) is 4.22. The van der Waals surface area contributed by atoms with Crippen LogP contribution in [0.2, 0.25) is 0 Å². The Morgan fingerprint density at radius 1 is 0.733 bits per heavy atom. The molecule has 0 radical (unpaired) electrons. The summed E-state index contributed by atoms with van der Waals surface area (Å²) in [5.74, 6) is -4.80. The number of carbonyl (C=O) groups is 6. The standard InChI is InChI=1S/C23H29NO9.C18H21NO8/c1-13-7-6-8-16(25)21-18(32-23(2,3)33-21)11-19(26)24-15-9-14(29-5)10-17(30-12-28-4)20(15)22(27)31-13;1-9-4-3-5-12(20)17(24)14(22)8-15(23)19-11-6-10(26-2)7-13(21)16(11)18(25)27-9/h6,8-10,13,18,21H,7,11-12H2,1-5H3,(H,24,26);3,5-7,9,14,17,21-22,24H,4,8H2,1-2H3,(H,19,23)/b8-6-;5-3-/t13-,18-,21+;9-,14-,17+/m00/s1. The summed E-state index contributed by atoms with van der Waals surface area (Å²) in [6.07, 6.45) is -1.28. The Kier molecular flexibility index (Phi) is 16.3. The molecule has 5 N–H and O–H groups in total. The maximum absolute atomic E-state index is 13.0. The van der Waals surface area contributed by atoms with Gasteiger partial charge >= 0.3 is 11.9 Å². The first kappa shape index (κ1) is 46.8. The maximum Gasteiger partial charge on any atom is 0.344 e. The van der Waals surface area contributed by atoms with Gasteiger partial charge in [-0.3, -0.25) is 19.2 Å². The number of aromatic hydroxyl groups is 1. The molecule has 3 aliphatic heterocycles. The highest BCUT2D eigenvalue weighted by molar-refractivity contribution is 6.05. The Balaban J connectivity index is 0.000000270. The Morgan fingerprint density at radius 2 is 1.27 bits per heavy atom. The van der Waals surface area contributed by atoms with Crippen LogP contribution in [0.3, 0.4) is 0 Å². The number of ketones is 2. The zero-order chi connectivity index (χ0) is 44.3. The fraction of sp³-hybridized carbons (Fsp3) is 0.463. The van der Waals surface area contributed by atoms with Gasteiger partial charge in [0, 0.05) is 44.2 Å². The molecule has 0 bridgehead atoms. The van der Waals surface area contributed by atoms with Crippen LogP contribution in [0.15, 0.2) is 48.6 Å². The van der Waals surface area contributed by atoms with Crippen LogP contribution in [0.5, 0.6) is 23.0 Å². The number of aliphatic hydroxyl groups is 2. The number of esters is 2. The molecule has 3 heterocycles. The predicted octanol–water partition coefficient (Wildman–Crippen LogP) is 3.13. The second kappa shape index (κ2) is 20.9. The van der Waals surface area contributed by atoms with Gasteiger partial charge in [0.1, 0.15) is 64.6 Å². The minimum absolute atomic E-state index is 0.0191. The molecule has 6 atom stereocenters. The van der Waals surface area contributed by atoms with Crippen molar-refractivity contribution in [2.75, 3.05) is 38.8 Å². The van der Waals surface area contributed by atoms with Crippen molar-refractivity contribution in [3.05, 3.63) is 59.7 Å². The van der Waals surface area contributed by atoms with E-state index in [0.717, 1.165) is 6.08 Å². The van der Waals surface area contributed by atoms with Gasteiger partial charge in [0.2, 0.25) is 11.8 Å². The highest BCUT2D eigenvalue weighted by atomic mass is 16.8. The maximum atomic E-state index is 13.0. The van der Waals surface area contributed by atoms with E-state index in [9.17, 15) is 44.1 Å². The SMILES string of the molecule is COCOc1cc(OC)cc2c1C(=O)O[C@@H](C)C/C=C\C(=O)[C@H]1OC(C)(C)O[C@H]1CC(=O)N2.COc1cc(O)c2c(c1)NC(=O)C[C@H](O)[C@H](O)C(=O)/C=C\C[C@H](C)OC2=O. The molecule has 1 saturated heterocycles. The molecule has 326 valence electrons. The van der Waals surface area contributed by atoms with Gasteiger partial charge < -0.3 is 63.8 Å². The van der Waals surface area contributed by atoms with E-state index in [1.807, 2.05) is 0 Å². The fourth-order valence-electron chi connectivity index (χ4n) is 6.11. The summed E-state index contributed by atoms with van der Waals surface area (Å²) < 4.78 is 43.1. The first-order valence-corrected chi connectivity index (χ1v) is 18.7. The van der Waals surface area contributed by atoms with Gasteiger partial charge in [0.15, 0.2) is 24.1 Å². The summed E-state index contributed by atoms with van der Waals surface area (Å²) in [5, 5.41) is 35.0. The number of hydrogen-bond donors (Lipinski definition) is 5. The number of aliphatic hydroxyl groups excluding tert-OH is 2. The Morgan fingerprint density at radius 3 is 1.85 bits per heavy atom. The van der Waals surface area contributed by atoms with Gasteiger partial charge in [0.25, 0.3) is 0 Å². The second-order valence-corrected chi connectivity index (χ2v) is 14.3. The number of hydrogen-bond acceptors (Lipinski definition) is 17. The number of rotatable bonds is 5. The van der Waals surface area contributed by atoms with Crippen LogP contribution in [-0.4, -0.2) is 121 Å². The Hall–Kier alpha value is -5.86. The summed E-state index contributed by atoms with van der Waals surface area (Å²) in [4.78, 5) is 75.1. The number of nitrogens with one attached hydrogen (secondary N) is 2. The number of phenolic OH excluding ortho intramolecular Hbond substituents is 1. The van der Waals surface area contributed by atoms with Crippen molar-refractivity contribution < 1.29 is 82.0 Å². The predicted molar refractivity (Wildman–Crippen MR) is 210 cm³/mol. The van der Waals surface area contributed by atoms with Crippen LogP contribution < -0.4 is 24.8 Å². The molecule has 0 saturated carbocycles. The van der Waals surface area contributed by atoms with Crippen molar-refractivity contribution in [2.24, 2.45) is 0 Å². The molecule has 2 aromatic rings. The third-order valence-electron chi connectivity index (χ3n) is 8.94. The molecule has 19 nitrogen and oxygen atoms in total. The minimum Gasteiger partial charge on any atom is -0.507 e. The number of amides is 2. The first-order chi connectivity index (χ1) is 28.4. The van der Waals surface area contributed by atoms with Crippen LogP contribution in [0.4, 0.5) is 11.4 Å².